The summed E-state index contributed by atoms with van der Waals surface area (Å²) in [6.45, 7) is 2.01. The third kappa shape index (κ3) is 3.89. The van der Waals surface area contributed by atoms with Crippen molar-refractivity contribution in [3.8, 4) is 17.0 Å². The van der Waals surface area contributed by atoms with Gasteiger partial charge in [-0.3, -0.25) is 9.97 Å². The molecule has 2 fully saturated rings. The summed E-state index contributed by atoms with van der Waals surface area (Å²) in [7, 11) is 1.71. The molecule has 4 aromatic rings. The van der Waals surface area contributed by atoms with Crippen LogP contribution in [0.15, 0.2) is 53.5 Å². The van der Waals surface area contributed by atoms with Crippen molar-refractivity contribution in [2.75, 3.05) is 25.1 Å². The van der Waals surface area contributed by atoms with Crippen LogP contribution in [-0.2, 0) is 0 Å². The number of fused-ring (bicyclic) bond motifs is 1. The van der Waals surface area contributed by atoms with Gasteiger partial charge in [-0.25, -0.2) is 0 Å². The first-order valence-corrected chi connectivity index (χ1v) is 13.5. The summed E-state index contributed by atoms with van der Waals surface area (Å²) in [4.78, 5) is 11.1. The highest BCUT2D eigenvalue weighted by Crippen LogP contribution is 2.56. The van der Waals surface area contributed by atoms with Crippen molar-refractivity contribution in [1.29, 1.82) is 0 Å². The monoisotopic (exact) mass is 532 g/mol. The molecular weight excluding hydrogens is 507 g/mol. The normalized spacial score (nSPS) is 18.7. The summed E-state index contributed by atoms with van der Waals surface area (Å²) in [5, 5.41) is 6.50. The average Bonchev–Trinajstić information content (AvgIpc) is 3.66. The molecule has 37 heavy (non-hydrogen) atoms. The van der Waals surface area contributed by atoms with Gasteiger partial charge >= 0.3 is 0 Å². The molecule has 6 nitrogen and oxygen atoms in total. The first-order chi connectivity index (χ1) is 18.0. The van der Waals surface area contributed by atoms with Gasteiger partial charge in [0, 0.05) is 59.8 Å². The van der Waals surface area contributed by atoms with E-state index in [1.54, 1.807) is 25.7 Å². The van der Waals surface area contributed by atoms with E-state index in [1.165, 1.54) is 11.3 Å². The van der Waals surface area contributed by atoms with Crippen LogP contribution in [0.5, 0.6) is 5.75 Å². The van der Waals surface area contributed by atoms with E-state index in [-0.39, 0.29) is 5.41 Å². The number of pyridine rings is 2. The van der Waals surface area contributed by atoms with E-state index in [9.17, 15) is 0 Å². The van der Waals surface area contributed by atoms with Crippen molar-refractivity contribution >= 4 is 45.4 Å². The highest BCUT2D eigenvalue weighted by Gasteiger charge is 2.44. The van der Waals surface area contributed by atoms with Crippen molar-refractivity contribution in [1.82, 2.24) is 15.1 Å². The number of aromatic nitrogens is 3. The van der Waals surface area contributed by atoms with Gasteiger partial charge < -0.3 is 14.2 Å². The molecular formula is C29H26Cl2N4O2. The Bertz CT molecular complexity index is 1530. The molecule has 1 saturated carbocycles. The average molecular weight is 533 g/mol. The van der Waals surface area contributed by atoms with E-state index < -0.39 is 0 Å². The highest BCUT2D eigenvalue weighted by molar-refractivity contribution is 6.39. The Morgan fingerprint density at radius 2 is 1.81 bits per heavy atom. The van der Waals surface area contributed by atoms with Crippen LogP contribution in [0.2, 0.25) is 10.0 Å². The molecule has 0 unspecified atom stereocenters. The SMILES string of the molecule is COc1ccnc2ccc(N3CCC4(C=C(c5c(-c6c(Cl)cncc6Cl)noc5C5CC5)C4)CC3)cc12. The quantitative estimate of drug-likeness (QED) is 0.264. The molecule has 1 spiro atoms. The zero-order chi connectivity index (χ0) is 25.1. The second-order valence-corrected chi connectivity index (χ2v) is 11.2. The van der Waals surface area contributed by atoms with Crippen LogP contribution >= 0.6 is 23.2 Å². The van der Waals surface area contributed by atoms with Gasteiger partial charge in [0.15, 0.2) is 0 Å². The van der Waals surface area contributed by atoms with Gasteiger partial charge in [-0.2, -0.15) is 0 Å². The molecule has 188 valence electrons. The molecule has 3 aromatic heterocycles. The number of ether oxygens (including phenoxy) is 1. The van der Waals surface area contributed by atoms with Crippen LogP contribution < -0.4 is 9.64 Å². The Labute approximate surface area is 225 Å². The Hall–Kier alpha value is -3.09. The lowest BCUT2D eigenvalue weighted by Crippen LogP contribution is -2.42. The largest absolute Gasteiger partial charge is 0.496 e. The molecule has 1 aliphatic heterocycles. The number of anilines is 1. The van der Waals surface area contributed by atoms with E-state index in [4.69, 9.17) is 32.5 Å². The van der Waals surface area contributed by atoms with Crippen LogP contribution in [0.4, 0.5) is 5.69 Å². The minimum atomic E-state index is 0.211. The summed E-state index contributed by atoms with van der Waals surface area (Å²) >= 11 is 13.0. The maximum Gasteiger partial charge on any atom is 0.147 e. The number of halogens is 2. The molecule has 3 aliphatic rings. The number of piperidine rings is 1. The van der Waals surface area contributed by atoms with Crippen molar-refractivity contribution in [3.63, 3.8) is 0 Å². The van der Waals surface area contributed by atoms with E-state index >= 15 is 0 Å². The Balaban J connectivity index is 1.15. The second-order valence-electron chi connectivity index (χ2n) is 10.4. The number of allylic oxidation sites excluding steroid dienone is 2. The number of nitrogens with zero attached hydrogens (tertiary/aromatic N) is 4. The maximum absolute atomic E-state index is 6.51. The first kappa shape index (κ1) is 23.1. The van der Waals surface area contributed by atoms with E-state index in [0.717, 1.165) is 78.9 Å². The van der Waals surface area contributed by atoms with Gasteiger partial charge in [-0.05, 0) is 67.4 Å². The standard InChI is InChI=1S/C29H26Cl2N4O2/c1-36-24-6-9-33-23-5-4-19(12-20(23)24)35-10-7-29(8-11-35)13-18(14-29)25-27(34-37-28(25)17-2-3-17)26-21(30)15-32-16-22(26)31/h4-6,9,12-13,15-17H,2-3,7-8,10-11,14H2,1H3. The third-order valence-corrected chi connectivity index (χ3v) is 8.70. The minimum absolute atomic E-state index is 0.211. The van der Waals surface area contributed by atoms with Crippen molar-refractivity contribution < 1.29 is 9.26 Å². The molecule has 8 heteroatoms. The van der Waals surface area contributed by atoms with Gasteiger partial charge in [0.25, 0.3) is 0 Å². The molecule has 4 heterocycles. The lowest BCUT2D eigenvalue weighted by Gasteiger charge is -2.47. The van der Waals surface area contributed by atoms with E-state index in [0.29, 0.717) is 21.5 Å². The summed E-state index contributed by atoms with van der Waals surface area (Å²) in [5.74, 6) is 2.28. The number of rotatable bonds is 5. The predicted molar refractivity (Wildman–Crippen MR) is 146 cm³/mol. The number of hydrogen-bond donors (Lipinski definition) is 0. The Kier molecular flexibility index (Phi) is 5.45. The summed E-state index contributed by atoms with van der Waals surface area (Å²) < 4.78 is 11.5. The van der Waals surface area contributed by atoms with Crippen LogP contribution in [0, 0.1) is 5.41 Å². The zero-order valence-electron chi connectivity index (χ0n) is 20.5. The molecule has 0 radical (unpaired) electrons. The minimum Gasteiger partial charge on any atom is -0.496 e. The molecule has 0 amide bonds. The molecule has 2 aliphatic carbocycles. The van der Waals surface area contributed by atoms with Gasteiger partial charge in [0.05, 0.1) is 22.7 Å². The fraction of sp³-hybridized carbons (Fsp3) is 0.345. The molecule has 0 bridgehead atoms. The number of methoxy groups -OCH3 is 1. The van der Waals surface area contributed by atoms with Gasteiger partial charge in [-0.1, -0.05) is 34.4 Å². The number of benzene rings is 1. The lowest BCUT2D eigenvalue weighted by molar-refractivity contribution is 0.277. The van der Waals surface area contributed by atoms with Crippen LogP contribution in [-0.4, -0.2) is 35.3 Å². The van der Waals surface area contributed by atoms with E-state index in [2.05, 4.69) is 44.3 Å². The number of hydrogen-bond acceptors (Lipinski definition) is 6. The van der Waals surface area contributed by atoms with Crippen LogP contribution in [0.25, 0.3) is 27.7 Å². The van der Waals surface area contributed by atoms with Crippen molar-refractivity contribution in [3.05, 3.63) is 70.3 Å². The van der Waals surface area contributed by atoms with Crippen LogP contribution in [0.3, 0.4) is 0 Å². The lowest BCUT2D eigenvalue weighted by atomic mass is 9.63. The molecule has 0 N–H and O–H groups in total. The maximum atomic E-state index is 6.51. The third-order valence-electron chi connectivity index (χ3n) is 8.13. The Morgan fingerprint density at radius 1 is 1.05 bits per heavy atom. The summed E-state index contributed by atoms with van der Waals surface area (Å²) in [5.41, 5.74) is 6.24. The summed E-state index contributed by atoms with van der Waals surface area (Å²) in [6, 6.07) is 8.37. The molecule has 7 rings (SSSR count). The molecule has 1 aromatic carbocycles. The Morgan fingerprint density at radius 3 is 2.51 bits per heavy atom. The van der Waals surface area contributed by atoms with Crippen molar-refractivity contribution in [2.24, 2.45) is 5.41 Å². The predicted octanol–water partition coefficient (Wildman–Crippen LogP) is 7.55. The van der Waals surface area contributed by atoms with Crippen molar-refractivity contribution in [2.45, 2.75) is 38.0 Å². The topological polar surface area (TPSA) is 64.3 Å². The van der Waals surface area contributed by atoms with Gasteiger partial charge in [0.1, 0.15) is 17.2 Å². The summed E-state index contributed by atoms with van der Waals surface area (Å²) in [6.07, 6.45) is 13.0. The van der Waals surface area contributed by atoms with E-state index in [1.807, 2.05) is 6.07 Å². The van der Waals surface area contributed by atoms with Gasteiger partial charge in [0.2, 0.25) is 0 Å². The van der Waals surface area contributed by atoms with Crippen LogP contribution in [0.1, 0.15) is 49.3 Å². The second kappa shape index (κ2) is 8.74. The molecule has 1 saturated heterocycles. The molecule has 0 atom stereocenters. The zero-order valence-corrected chi connectivity index (χ0v) is 22.0. The van der Waals surface area contributed by atoms with Gasteiger partial charge in [-0.15, -0.1) is 0 Å². The fourth-order valence-electron chi connectivity index (χ4n) is 5.94. The highest BCUT2D eigenvalue weighted by atomic mass is 35.5. The fourth-order valence-corrected chi connectivity index (χ4v) is 6.48. The first-order valence-electron chi connectivity index (χ1n) is 12.7. The smallest absolute Gasteiger partial charge is 0.147 e.